The molecule has 2 aliphatic heterocycles. The van der Waals surface area contributed by atoms with Crippen molar-refractivity contribution in [3.63, 3.8) is 0 Å². The smallest absolute Gasteiger partial charge is 0.190 e. The van der Waals surface area contributed by atoms with Gasteiger partial charge in [-0.15, -0.1) is 0 Å². The lowest BCUT2D eigenvalue weighted by atomic mass is 10.1. The molecule has 2 fully saturated rings. The van der Waals surface area contributed by atoms with E-state index in [4.69, 9.17) is 14.2 Å². The molecule has 0 aliphatic carbocycles. The topological polar surface area (TPSA) is 85.2 Å². The molecule has 0 aromatic carbocycles. The van der Waals surface area contributed by atoms with Gasteiger partial charge in [0.15, 0.2) is 18.4 Å². The van der Waals surface area contributed by atoms with Gasteiger partial charge in [-0.2, -0.15) is 0 Å². The first-order valence-electron chi connectivity index (χ1n) is 4.77. The first-order valence-corrected chi connectivity index (χ1v) is 4.77. The Balaban J connectivity index is 2.08. The van der Waals surface area contributed by atoms with Crippen molar-refractivity contribution in [3.05, 3.63) is 0 Å². The third-order valence-corrected chi connectivity index (χ3v) is 2.53. The summed E-state index contributed by atoms with van der Waals surface area (Å²) in [5, 5.41) is 19.0. The average molecular weight is 218 g/mol. The Kier molecular flexibility index (Phi) is 2.56. The van der Waals surface area contributed by atoms with Gasteiger partial charge in [-0.05, 0) is 13.8 Å². The lowest BCUT2D eigenvalue weighted by Gasteiger charge is -2.23. The molecular weight excluding hydrogens is 204 g/mol. The SMILES string of the molecule is CC1(C)OC2O[C@H]([C@H](O)C=O)[C@H](O)[C@H]2O1. The van der Waals surface area contributed by atoms with E-state index in [1.54, 1.807) is 13.8 Å². The monoisotopic (exact) mass is 218 g/mol. The molecule has 6 heteroatoms. The highest BCUT2D eigenvalue weighted by Crippen LogP contribution is 2.37. The zero-order valence-corrected chi connectivity index (χ0v) is 8.49. The van der Waals surface area contributed by atoms with Crippen LogP contribution in [0.5, 0.6) is 0 Å². The fourth-order valence-electron chi connectivity index (χ4n) is 1.88. The van der Waals surface area contributed by atoms with E-state index in [-0.39, 0.29) is 0 Å². The van der Waals surface area contributed by atoms with E-state index >= 15 is 0 Å². The molecule has 0 radical (unpaired) electrons. The molecule has 2 rings (SSSR count). The predicted molar refractivity (Wildman–Crippen MR) is 46.8 cm³/mol. The van der Waals surface area contributed by atoms with E-state index in [1.165, 1.54) is 0 Å². The molecule has 0 bridgehead atoms. The molecule has 0 amide bonds. The van der Waals surface area contributed by atoms with Gasteiger partial charge in [0, 0.05) is 0 Å². The maximum absolute atomic E-state index is 10.4. The number of carbonyl (C=O) groups is 1. The summed E-state index contributed by atoms with van der Waals surface area (Å²) < 4.78 is 15.9. The van der Waals surface area contributed by atoms with Gasteiger partial charge >= 0.3 is 0 Å². The first kappa shape index (κ1) is 11.0. The highest BCUT2D eigenvalue weighted by atomic mass is 16.8. The van der Waals surface area contributed by atoms with Crippen molar-refractivity contribution in [2.75, 3.05) is 0 Å². The van der Waals surface area contributed by atoms with E-state index in [9.17, 15) is 15.0 Å². The molecule has 1 unspecified atom stereocenters. The van der Waals surface area contributed by atoms with Gasteiger partial charge in [-0.1, -0.05) is 0 Å². The van der Waals surface area contributed by atoms with E-state index in [2.05, 4.69) is 0 Å². The quantitative estimate of drug-likeness (QED) is 0.565. The summed E-state index contributed by atoms with van der Waals surface area (Å²) in [7, 11) is 0. The number of rotatable bonds is 2. The molecule has 2 N–H and O–H groups in total. The standard InChI is InChI=1S/C9H14O6/c1-9(2)14-7-5(12)6(4(11)3-10)13-8(7)15-9/h3-8,11-12H,1-2H3/t4-,5+,6-,7-,8?/m1/s1. The molecule has 0 saturated carbocycles. The second kappa shape index (κ2) is 3.50. The minimum absolute atomic E-state index is 0.320. The fraction of sp³-hybridized carbons (Fsp3) is 0.889. The average Bonchev–Trinajstić information content (AvgIpc) is 2.60. The number of hydrogen-bond acceptors (Lipinski definition) is 6. The maximum Gasteiger partial charge on any atom is 0.190 e. The van der Waals surface area contributed by atoms with Crippen molar-refractivity contribution in [2.24, 2.45) is 0 Å². The van der Waals surface area contributed by atoms with Crippen LogP contribution in [-0.2, 0) is 19.0 Å². The Morgan fingerprint density at radius 1 is 1.40 bits per heavy atom. The van der Waals surface area contributed by atoms with E-state index in [0.717, 1.165) is 0 Å². The normalized spacial score (nSPS) is 45.1. The number of aldehydes is 1. The number of aliphatic hydroxyl groups is 2. The second-order valence-corrected chi connectivity index (χ2v) is 4.19. The van der Waals surface area contributed by atoms with Gasteiger partial charge in [0.25, 0.3) is 0 Å². The van der Waals surface area contributed by atoms with E-state index in [1.807, 2.05) is 0 Å². The van der Waals surface area contributed by atoms with Crippen LogP contribution >= 0.6 is 0 Å². The van der Waals surface area contributed by atoms with Gasteiger partial charge in [0.1, 0.15) is 24.4 Å². The van der Waals surface area contributed by atoms with Crippen molar-refractivity contribution in [1.29, 1.82) is 0 Å². The van der Waals surface area contributed by atoms with Crippen molar-refractivity contribution in [2.45, 2.75) is 50.3 Å². The largest absolute Gasteiger partial charge is 0.387 e. The van der Waals surface area contributed by atoms with Gasteiger partial charge in [-0.25, -0.2) is 0 Å². The predicted octanol–water partition coefficient (Wildman–Crippen LogP) is -1.22. The van der Waals surface area contributed by atoms with Crippen LogP contribution in [0.3, 0.4) is 0 Å². The van der Waals surface area contributed by atoms with Gasteiger partial charge in [-0.3, -0.25) is 0 Å². The maximum atomic E-state index is 10.4. The Morgan fingerprint density at radius 2 is 2.07 bits per heavy atom. The van der Waals surface area contributed by atoms with Crippen LogP contribution in [0.4, 0.5) is 0 Å². The summed E-state index contributed by atoms with van der Waals surface area (Å²) in [6.45, 7) is 3.40. The number of ether oxygens (including phenoxy) is 3. The fourth-order valence-corrected chi connectivity index (χ4v) is 1.88. The summed E-state index contributed by atoms with van der Waals surface area (Å²) in [5.41, 5.74) is 0. The molecule has 2 saturated heterocycles. The molecule has 15 heavy (non-hydrogen) atoms. The van der Waals surface area contributed by atoms with Crippen molar-refractivity contribution in [1.82, 2.24) is 0 Å². The molecule has 6 nitrogen and oxygen atoms in total. The highest BCUT2D eigenvalue weighted by Gasteiger charge is 2.55. The third kappa shape index (κ3) is 1.79. The number of carbonyl (C=O) groups excluding carboxylic acids is 1. The van der Waals surface area contributed by atoms with Crippen LogP contribution in [0, 0.1) is 0 Å². The molecule has 2 aliphatic rings. The molecule has 0 aromatic rings. The molecular formula is C9H14O6. The van der Waals surface area contributed by atoms with Crippen molar-refractivity contribution >= 4 is 6.29 Å². The van der Waals surface area contributed by atoms with Crippen LogP contribution in [0.25, 0.3) is 0 Å². The second-order valence-electron chi connectivity index (χ2n) is 4.19. The summed E-state index contributed by atoms with van der Waals surface area (Å²) in [6, 6.07) is 0. The lowest BCUT2D eigenvalue weighted by molar-refractivity contribution is -0.223. The van der Waals surface area contributed by atoms with Gasteiger partial charge < -0.3 is 29.2 Å². The zero-order valence-electron chi connectivity index (χ0n) is 8.49. The minimum atomic E-state index is -1.36. The van der Waals surface area contributed by atoms with Crippen LogP contribution in [0.2, 0.25) is 0 Å². The van der Waals surface area contributed by atoms with Crippen molar-refractivity contribution in [3.8, 4) is 0 Å². The zero-order chi connectivity index (χ0) is 11.2. The van der Waals surface area contributed by atoms with Crippen LogP contribution in [-0.4, -0.2) is 53.0 Å². The Hall–Kier alpha value is -0.530. The van der Waals surface area contributed by atoms with E-state index < -0.39 is 36.5 Å². The summed E-state index contributed by atoms with van der Waals surface area (Å²) >= 11 is 0. The van der Waals surface area contributed by atoms with Gasteiger partial charge in [0.05, 0.1) is 0 Å². The Labute approximate surface area is 86.7 Å². The van der Waals surface area contributed by atoms with Crippen LogP contribution in [0.15, 0.2) is 0 Å². The van der Waals surface area contributed by atoms with Crippen LogP contribution < -0.4 is 0 Å². The molecule has 0 spiro atoms. The summed E-state index contributed by atoms with van der Waals surface area (Å²) in [4.78, 5) is 10.4. The third-order valence-electron chi connectivity index (χ3n) is 2.53. The lowest BCUT2D eigenvalue weighted by Crippen LogP contribution is -2.41. The van der Waals surface area contributed by atoms with Gasteiger partial charge in [0.2, 0.25) is 0 Å². The number of fused-ring (bicyclic) bond motifs is 1. The first-order chi connectivity index (χ1) is 6.94. The summed E-state index contributed by atoms with van der Waals surface area (Å²) in [6.07, 6.45) is -4.46. The molecule has 86 valence electrons. The number of aliphatic hydroxyl groups excluding tert-OH is 2. The minimum Gasteiger partial charge on any atom is -0.387 e. The molecule has 2 heterocycles. The number of hydrogen-bond donors (Lipinski definition) is 2. The Bertz CT molecular complexity index is 265. The van der Waals surface area contributed by atoms with Crippen LogP contribution in [0.1, 0.15) is 13.8 Å². The molecule has 5 atom stereocenters. The van der Waals surface area contributed by atoms with E-state index in [0.29, 0.717) is 6.29 Å². The molecule has 0 aromatic heterocycles. The summed E-state index contributed by atoms with van der Waals surface area (Å²) in [5.74, 6) is -0.812. The Morgan fingerprint density at radius 3 is 2.60 bits per heavy atom. The highest BCUT2D eigenvalue weighted by molar-refractivity contribution is 5.57. The van der Waals surface area contributed by atoms with Crippen molar-refractivity contribution < 1.29 is 29.2 Å².